The molecule has 2 aromatic heterocycles. The van der Waals surface area contributed by atoms with Crippen LogP contribution in [0.3, 0.4) is 0 Å². The summed E-state index contributed by atoms with van der Waals surface area (Å²) in [6.07, 6.45) is 0.641. The van der Waals surface area contributed by atoms with E-state index in [1.807, 2.05) is 82.2 Å². The number of aryl methyl sites for hydroxylation is 1. The second-order valence-electron chi connectivity index (χ2n) is 11.3. The average Bonchev–Trinajstić information content (AvgIpc) is 3.70. The van der Waals surface area contributed by atoms with Gasteiger partial charge in [0.2, 0.25) is 0 Å². The summed E-state index contributed by atoms with van der Waals surface area (Å²) < 4.78 is 29.2. The molecule has 1 aliphatic heterocycles. The Hall–Kier alpha value is -3.71. The van der Waals surface area contributed by atoms with E-state index in [1.165, 1.54) is 22.7 Å². The average molecular weight is 767 g/mol. The maximum absolute atomic E-state index is 14.7. The quantitative estimate of drug-likeness (QED) is 0.127. The third-order valence-electron chi connectivity index (χ3n) is 8.38. The normalized spacial score (nSPS) is 13.8. The lowest BCUT2D eigenvalue weighted by molar-refractivity contribution is 0.0531. The number of rotatable bonds is 11. The van der Waals surface area contributed by atoms with E-state index in [1.54, 1.807) is 14.0 Å². The van der Waals surface area contributed by atoms with E-state index in [0.717, 1.165) is 47.7 Å². The zero-order valence-electron chi connectivity index (χ0n) is 26.9. The van der Waals surface area contributed by atoms with Gasteiger partial charge < -0.3 is 19.3 Å². The molecule has 12 heteroatoms. The second kappa shape index (κ2) is 15.2. The van der Waals surface area contributed by atoms with Crippen LogP contribution in [0.2, 0.25) is 0 Å². The van der Waals surface area contributed by atoms with Gasteiger partial charge in [-0.05, 0) is 107 Å². The van der Waals surface area contributed by atoms with E-state index in [4.69, 9.17) is 9.47 Å². The number of para-hydroxylation sites is 2. The molecule has 3 aromatic carbocycles. The number of nitrogens with zero attached hydrogens (tertiary/aromatic N) is 3. The Labute approximate surface area is 299 Å². The summed E-state index contributed by atoms with van der Waals surface area (Å²) in [6.45, 7) is 6.97. The van der Waals surface area contributed by atoms with Gasteiger partial charge in [0, 0.05) is 41.9 Å². The minimum absolute atomic E-state index is 0.0380. The number of hydrogen-bond acceptors (Lipinski definition) is 8. The van der Waals surface area contributed by atoms with Crippen molar-refractivity contribution in [1.29, 1.82) is 0 Å². The standard InChI is InChI=1S/C36H36BrN3O5S3/c1-4-45-36(42)33-24(2)28-23-27(12-13-32(28)47-33)48(43)40(16-14-25-8-7-9-26(22-25)44-3)31-11-6-5-10-30(31)38-17-19-39(20-18-38)35(41)34-29(37)15-21-46-34/h5-13,15,21-23H,4,14,16-20H2,1-3H3. The Morgan fingerprint density at radius 1 is 0.979 bits per heavy atom. The molecule has 0 bridgehead atoms. The Kier molecular flexibility index (Phi) is 10.8. The van der Waals surface area contributed by atoms with E-state index in [2.05, 4.69) is 33.0 Å². The summed E-state index contributed by atoms with van der Waals surface area (Å²) in [7, 11) is 0.0734. The number of esters is 1. The van der Waals surface area contributed by atoms with Crippen molar-refractivity contribution in [2.24, 2.45) is 0 Å². The van der Waals surface area contributed by atoms with Gasteiger partial charge >= 0.3 is 5.97 Å². The van der Waals surface area contributed by atoms with Crippen molar-refractivity contribution in [1.82, 2.24) is 4.90 Å². The molecule has 0 aliphatic carbocycles. The Balaban J connectivity index is 1.31. The Morgan fingerprint density at radius 3 is 2.50 bits per heavy atom. The van der Waals surface area contributed by atoms with Crippen molar-refractivity contribution < 1.29 is 23.3 Å². The fraction of sp³-hybridized carbons (Fsp3) is 0.278. The number of carbonyl (C=O) groups is 2. The van der Waals surface area contributed by atoms with Gasteiger partial charge in [-0.1, -0.05) is 24.3 Å². The molecule has 0 saturated carbocycles. The fourth-order valence-corrected chi connectivity index (χ4v) is 9.70. The van der Waals surface area contributed by atoms with Gasteiger partial charge in [0.25, 0.3) is 5.91 Å². The number of hydrogen-bond donors (Lipinski definition) is 0. The predicted octanol–water partition coefficient (Wildman–Crippen LogP) is 7.95. The molecule has 1 atom stereocenters. The first-order valence-electron chi connectivity index (χ1n) is 15.7. The van der Waals surface area contributed by atoms with Crippen LogP contribution < -0.4 is 13.9 Å². The highest BCUT2D eigenvalue weighted by molar-refractivity contribution is 9.10. The van der Waals surface area contributed by atoms with E-state index in [0.29, 0.717) is 55.5 Å². The van der Waals surface area contributed by atoms with Crippen LogP contribution in [0.15, 0.2) is 87.5 Å². The smallest absolute Gasteiger partial charge is 0.348 e. The lowest BCUT2D eigenvalue weighted by Crippen LogP contribution is -2.49. The largest absolute Gasteiger partial charge is 0.497 e. The molecule has 1 unspecified atom stereocenters. The Morgan fingerprint density at radius 2 is 1.77 bits per heavy atom. The maximum Gasteiger partial charge on any atom is 0.348 e. The van der Waals surface area contributed by atoms with Crippen molar-refractivity contribution >= 4 is 82.9 Å². The monoisotopic (exact) mass is 765 g/mol. The molecule has 6 rings (SSSR count). The van der Waals surface area contributed by atoms with E-state index in [9.17, 15) is 13.8 Å². The number of benzene rings is 3. The van der Waals surface area contributed by atoms with Gasteiger partial charge in [-0.15, -0.1) is 22.7 Å². The number of methoxy groups -OCH3 is 1. The number of anilines is 2. The number of fused-ring (bicyclic) bond motifs is 1. The van der Waals surface area contributed by atoms with Gasteiger partial charge in [-0.3, -0.25) is 9.10 Å². The van der Waals surface area contributed by atoms with Crippen LogP contribution in [-0.4, -0.2) is 67.4 Å². The van der Waals surface area contributed by atoms with Crippen LogP contribution in [0.5, 0.6) is 5.75 Å². The maximum atomic E-state index is 14.7. The molecule has 8 nitrogen and oxygen atoms in total. The molecule has 1 aliphatic rings. The topological polar surface area (TPSA) is 79.4 Å². The number of amides is 1. The first kappa shape index (κ1) is 34.2. The fourth-order valence-electron chi connectivity index (χ4n) is 5.86. The third kappa shape index (κ3) is 7.17. The highest BCUT2D eigenvalue weighted by Crippen LogP contribution is 2.36. The number of piperazine rings is 1. The zero-order chi connectivity index (χ0) is 33.8. The molecule has 1 fully saturated rings. The highest BCUT2D eigenvalue weighted by atomic mass is 79.9. The second-order valence-corrected chi connectivity index (χ2v) is 15.5. The molecule has 1 amide bonds. The summed E-state index contributed by atoms with van der Waals surface area (Å²) in [5.74, 6) is 0.479. The molecule has 5 aromatic rings. The molecule has 0 N–H and O–H groups in total. The summed E-state index contributed by atoms with van der Waals surface area (Å²) in [5, 5.41) is 2.81. The van der Waals surface area contributed by atoms with E-state index in [-0.39, 0.29) is 11.9 Å². The lowest BCUT2D eigenvalue weighted by atomic mass is 10.1. The minimum Gasteiger partial charge on any atom is -0.497 e. The van der Waals surface area contributed by atoms with Crippen LogP contribution in [-0.2, 0) is 22.1 Å². The van der Waals surface area contributed by atoms with Crippen molar-refractivity contribution in [2.45, 2.75) is 25.2 Å². The minimum atomic E-state index is -1.58. The van der Waals surface area contributed by atoms with Crippen LogP contribution in [0.1, 0.15) is 37.4 Å². The van der Waals surface area contributed by atoms with Gasteiger partial charge in [0.1, 0.15) is 15.5 Å². The van der Waals surface area contributed by atoms with Gasteiger partial charge in [-0.25, -0.2) is 9.00 Å². The summed E-state index contributed by atoms with van der Waals surface area (Å²) >= 11 is 6.34. The first-order valence-corrected chi connectivity index (χ1v) is 19.3. The summed E-state index contributed by atoms with van der Waals surface area (Å²) in [6, 6.07) is 23.7. The van der Waals surface area contributed by atoms with Crippen LogP contribution >= 0.6 is 38.6 Å². The number of carbonyl (C=O) groups excluding carboxylic acids is 2. The number of thiophene rings is 2. The highest BCUT2D eigenvalue weighted by Gasteiger charge is 2.28. The first-order chi connectivity index (χ1) is 23.3. The van der Waals surface area contributed by atoms with Gasteiger partial charge in [0.15, 0.2) is 11.0 Å². The predicted molar refractivity (Wildman–Crippen MR) is 200 cm³/mol. The van der Waals surface area contributed by atoms with Gasteiger partial charge in [-0.2, -0.15) is 0 Å². The summed E-state index contributed by atoms with van der Waals surface area (Å²) in [4.78, 5) is 31.9. The molecule has 3 heterocycles. The van der Waals surface area contributed by atoms with Crippen LogP contribution in [0.25, 0.3) is 10.1 Å². The lowest BCUT2D eigenvalue weighted by Gasteiger charge is -2.38. The van der Waals surface area contributed by atoms with Gasteiger partial charge in [0.05, 0.1) is 30.0 Å². The molecule has 0 radical (unpaired) electrons. The number of ether oxygens (including phenoxy) is 2. The van der Waals surface area contributed by atoms with Crippen molar-refractivity contribution in [3.8, 4) is 5.75 Å². The van der Waals surface area contributed by atoms with E-state index >= 15 is 0 Å². The van der Waals surface area contributed by atoms with Crippen molar-refractivity contribution in [3.63, 3.8) is 0 Å². The Bertz CT molecular complexity index is 1970. The van der Waals surface area contributed by atoms with Crippen molar-refractivity contribution in [2.75, 3.05) is 55.6 Å². The molecule has 250 valence electrons. The van der Waals surface area contributed by atoms with Crippen molar-refractivity contribution in [3.05, 3.63) is 104 Å². The third-order valence-corrected chi connectivity index (χ3v) is 12.9. The molecular weight excluding hydrogens is 731 g/mol. The van der Waals surface area contributed by atoms with Crippen LogP contribution in [0.4, 0.5) is 11.4 Å². The molecule has 0 spiro atoms. The van der Waals surface area contributed by atoms with Crippen LogP contribution in [0, 0.1) is 6.92 Å². The molecular formula is C36H36BrN3O5S3. The number of halogens is 1. The SMILES string of the molecule is CCOC(=O)c1sc2ccc(S(=O)N(CCc3cccc(OC)c3)c3ccccc3N3CCN(C(=O)c4sccc4Br)CC3)cc2c1C. The molecule has 48 heavy (non-hydrogen) atoms. The summed E-state index contributed by atoms with van der Waals surface area (Å²) in [5.41, 5.74) is 3.73. The molecule has 1 saturated heterocycles. The van der Waals surface area contributed by atoms with E-state index < -0.39 is 11.0 Å². The zero-order valence-corrected chi connectivity index (χ0v) is 31.0.